The van der Waals surface area contributed by atoms with E-state index < -0.39 is 16.2 Å². The minimum absolute atomic E-state index is 0.117. The predicted octanol–water partition coefficient (Wildman–Crippen LogP) is 1.71. The molecule has 118 valence electrons. The van der Waals surface area contributed by atoms with Gasteiger partial charge in [-0.15, -0.1) is 4.40 Å². The van der Waals surface area contributed by atoms with Gasteiger partial charge in [0.15, 0.2) is 5.84 Å². The molecule has 1 saturated heterocycles. The average molecular weight is 365 g/mol. The Kier molecular flexibility index (Phi) is 4.79. The zero-order valence-electron chi connectivity index (χ0n) is 11.1. The van der Waals surface area contributed by atoms with Gasteiger partial charge in [0.2, 0.25) is 0 Å². The largest absolute Gasteiger partial charge is 0.497 e. The maximum absolute atomic E-state index is 12.0. The van der Waals surface area contributed by atoms with E-state index in [0.717, 1.165) is 0 Å². The molecule has 1 heterocycles. The topological polar surface area (TPSA) is 109 Å². The molecule has 2 rings (SSSR count). The molecule has 1 aromatic carbocycles. The van der Waals surface area contributed by atoms with Gasteiger partial charge >= 0.3 is 16.2 Å². The maximum Gasteiger partial charge on any atom is 0.344 e. The van der Waals surface area contributed by atoms with Crippen molar-refractivity contribution in [2.75, 3.05) is 11.8 Å². The number of nitrogens with one attached hydrogen (secondary N) is 3. The van der Waals surface area contributed by atoms with Crippen molar-refractivity contribution in [3.8, 4) is 5.75 Å². The van der Waals surface area contributed by atoms with Gasteiger partial charge in [-0.25, -0.2) is 4.79 Å². The first-order valence-electron chi connectivity index (χ1n) is 5.71. The zero-order chi connectivity index (χ0) is 16.3. The number of halogens is 2. The fourth-order valence-corrected chi connectivity index (χ4v) is 2.66. The van der Waals surface area contributed by atoms with Crippen molar-refractivity contribution >= 4 is 51.0 Å². The van der Waals surface area contributed by atoms with Crippen LogP contribution in [-0.2, 0) is 10.2 Å². The third-order valence-corrected chi connectivity index (χ3v) is 3.74. The molecule has 1 aromatic rings. The van der Waals surface area contributed by atoms with E-state index >= 15 is 0 Å². The fraction of sp³-hybridized carbons (Fsp3) is 0.0909. The van der Waals surface area contributed by atoms with Gasteiger partial charge in [-0.2, -0.15) is 8.42 Å². The van der Waals surface area contributed by atoms with Crippen LogP contribution < -0.4 is 20.1 Å². The molecule has 0 unspecified atom stereocenters. The summed E-state index contributed by atoms with van der Waals surface area (Å²) < 4.78 is 34.2. The fourth-order valence-electron chi connectivity index (χ4n) is 1.53. The van der Waals surface area contributed by atoms with Gasteiger partial charge in [0.25, 0.3) is 0 Å². The van der Waals surface area contributed by atoms with Crippen molar-refractivity contribution in [1.82, 2.24) is 10.6 Å². The summed E-state index contributed by atoms with van der Waals surface area (Å²) in [5.41, 5.74) is 0.151. The van der Waals surface area contributed by atoms with E-state index in [1.54, 1.807) is 12.1 Å². The first kappa shape index (κ1) is 16.4. The van der Waals surface area contributed by atoms with Gasteiger partial charge < -0.3 is 10.1 Å². The highest BCUT2D eigenvalue weighted by Crippen LogP contribution is 2.18. The molecule has 8 nitrogen and oxygen atoms in total. The van der Waals surface area contributed by atoms with Crippen LogP contribution in [0.2, 0.25) is 0 Å². The summed E-state index contributed by atoms with van der Waals surface area (Å²) >= 11 is 11.1. The Morgan fingerprint density at radius 1 is 1.23 bits per heavy atom. The minimum Gasteiger partial charge on any atom is -0.497 e. The van der Waals surface area contributed by atoms with Gasteiger partial charge in [-0.3, -0.25) is 10.0 Å². The summed E-state index contributed by atoms with van der Waals surface area (Å²) in [5.74, 6) is 0.270. The SMILES string of the molecule is COc1ccc(NS(=O)(=O)/N=C2\NC(=O)NC2=C(Cl)Cl)cc1. The number of amidine groups is 1. The molecule has 0 radical (unpaired) electrons. The number of carbonyl (C=O) groups is 1. The lowest BCUT2D eigenvalue weighted by atomic mass is 10.3. The van der Waals surface area contributed by atoms with E-state index in [1.165, 1.54) is 19.2 Å². The van der Waals surface area contributed by atoms with Gasteiger partial charge in [0.1, 0.15) is 15.9 Å². The quantitative estimate of drug-likeness (QED) is 0.755. The maximum atomic E-state index is 12.0. The summed E-state index contributed by atoms with van der Waals surface area (Å²) in [6.45, 7) is 0. The van der Waals surface area contributed by atoms with Crippen LogP contribution in [-0.4, -0.2) is 27.4 Å². The van der Waals surface area contributed by atoms with Crippen molar-refractivity contribution in [1.29, 1.82) is 0 Å². The van der Waals surface area contributed by atoms with Crippen LogP contribution in [0.3, 0.4) is 0 Å². The Morgan fingerprint density at radius 2 is 1.86 bits per heavy atom. The molecule has 0 bridgehead atoms. The highest BCUT2D eigenvalue weighted by molar-refractivity contribution is 7.91. The first-order chi connectivity index (χ1) is 10.3. The number of anilines is 1. The van der Waals surface area contributed by atoms with Crippen LogP contribution in [0.5, 0.6) is 5.75 Å². The summed E-state index contributed by atoms with van der Waals surface area (Å²) in [5, 5.41) is 4.41. The molecule has 1 aliphatic heterocycles. The van der Waals surface area contributed by atoms with Gasteiger partial charge in [0, 0.05) is 0 Å². The zero-order valence-corrected chi connectivity index (χ0v) is 13.4. The molecule has 22 heavy (non-hydrogen) atoms. The van der Waals surface area contributed by atoms with E-state index in [-0.39, 0.29) is 21.7 Å². The van der Waals surface area contributed by atoms with Gasteiger partial charge in [0.05, 0.1) is 12.8 Å². The molecule has 0 spiro atoms. The minimum atomic E-state index is -4.14. The molecule has 0 atom stereocenters. The number of rotatable bonds is 4. The lowest BCUT2D eigenvalue weighted by Gasteiger charge is -2.06. The summed E-state index contributed by atoms with van der Waals surface area (Å²) in [6.07, 6.45) is 0. The number of methoxy groups -OCH3 is 1. The monoisotopic (exact) mass is 364 g/mol. The van der Waals surface area contributed by atoms with Crippen LogP contribution in [0.4, 0.5) is 10.5 Å². The van der Waals surface area contributed by atoms with E-state index in [9.17, 15) is 13.2 Å². The highest BCUT2D eigenvalue weighted by Gasteiger charge is 2.26. The Hall–Kier alpha value is -1.97. The lowest BCUT2D eigenvalue weighted by Crippen LogP contribution is -2.24. The highest BCUT2D eigenvalue weighted by atomic mass is 35.5. The molecule has 11 heteroatoms. The number of urea groups is 1. The predicted molar refractivity (Wildman–Crippen MR) is 83.4 cm³/mol. The molecule has 2 amide bonds. The molecule has 3 N–H and O–H groups in total. The summed E-state index contributed by atoms with van der Waals surface area (Å²) in [6, 6.07) is 5.45. The second kappa shape index (κ2) is 6.42. The second-order valence-corrected chi connectivity index (χ2v) is 6.25. The van der Waals surface area contributed by atoms with Crippen molar-refractivity contribution < 1.29 is 17.9 Å². The standard InChI is InChI=1S/C11H10Cl2N4O4S/c1-21-7-4-2-6(3-5-7)16-22(19,20)17-10-8(9(12)13)14-11(18)15-10/h2-5,16H,1H3,(H2,14,15,17,18). The molecule has 1 fully saturated rings. The number of benzene rings is 1. The van der Waals surface area contributed by atoms with Gasteiger partial charge in [-0.1, -0.05) is 23.2 Å². The van der Waals surface area contributed by atoms with Crippen molar-refractivity contribution in [3.05, 3.63) is 34.5 Å². The average Bonchev–Trinajstić information content (AvgIpc) is 2.79. The Bertz CT molecular complexity index is 755. The Morgan fingerprint density at radius 3 is 2.41 bits per heavy atom. The van der Waals surface area contributed by atoms with Crippen LogP contribution in [0.25, 0.3) is 0 Å². The Balaban J connectivity index is 2.25. The van der Waals surface area contributed by atoms with E-state index in [1.807, 2.05) is 0 Å². The number of amides is 2. The van der Waals surface area contributed by atoms with Crippen molar-refractivity contribution in [2.45, 2.75) is 0 Å². The normalized spacial score (nSPS) is 16.2. The molecular formula is C11H10Cl2N4O4S. The number of hydrogen-bond donors (Lipinski definition) is 3. The van der Waals surface area contributed by atoms with Crippen molar-refractivity contribution in [2.24, 2.45) is 4.40 Å². The first-order valence-corrected chi connectivity index (χ1v) is 7.91. The summed E-state index contributed by atoms with van der Waals surface area (Å²) in [7, 11) is -2.65. The molecular weight excluding hydrogens is 355 g/mol. The number of carbonyl (C=O) groups excluding carboxylic acids is 1. The van der Waals surface area contributed by atoms with Crippen LogP contribution >= 0.6 is 23.2 Å². The number of nitrogens with zero attached hydrogens (tertiary/aromatic N) is 1. The van der Waals surface area contributed by atoms with Crippen molar-refractivity contribution in [3.63, 3.8) is 0 Å². The molecule has 0 aliphatic carbocycles. The number of ether oxygens (including phenoxy) is 1. The van der Waals surface area contributed by atoms with Crippen LogP contribution in [0.1, 0.15) is 0 Å². The van der Waals surface area contributed by atoms with Gasteiger partial charge in [-0.05, 0) is 24.3 Å². The second-order valence-electron chi connectivity index (χ2n) is 3.96. The van der Waals surface area contributed by atoms with E-state index in [4.69, 9.17) is 27.9 Å². The van der Waals surface area contributed by atoms with Crippen LogP contribution in [0.15, 0.2) is 38.9 Å². The van der Waals surface area contributed by atoms with Crippen LogP contribution in [0, 0.1) is 0 Å². The molecule has 1 aliphatic rings. The lowest BCUT2D eigenvalue weighted by molar-refractivity contribution is 0.250. The van der Waals surface area contributed by atoms with E-state index in [2.05, 4.69) is 19.8 Å². The molecule has 0 aromatic heterocycles. The third-order valence-electron chi connectivity index (χ3n) is 2.44. The summed E-state index contributed by atoms with van der Waals surface area (Å²) in [4.78, 5) is 11.2. The Labute approximate surface area is 136 Å². The molecule has 0 saturated carbocycles. The number of hydrogen-bond acceptors (Lipinski definition) is 4. The van der Waals surface area contributed by atoms with E-state index in [0.29, 0.717) is 5.75 Å². The smallest absolute Gasteiger partial charge is 0.344 e. The third kappa shape index (κ3) is 4.03.